The van der Waals surface area contributed by atoms with E-state index in [0.717, 1.165) is 5.56 Å². The Bertz CT molecular complexity index is 318. The summed E-state index contributed by atoms with van der Waals surface area (Å²) in [4.78, 5) is 4.01. The molecule has 0 saturated carbocycles. The molecule has 15 heavy (non-hydrogen) atoms. The van der Waals surface area contributed by atoms with Gasteiger partial charge in [-0.2, -0.15) is 0 Å². The standard InChI is InChI=1S/C10H16N2O3/c1-14-9-6-12-10(15-2)5-7(9)8(11)3-4-13/h5-6,8,13H,3-4,11H2,1-2H3. The molecule has 1 heterocycles. The maximum Gasteiger partial charge on any atom is 0.213 e. The van der Waals surface area contributed by atoms with Crippen LogP contribution in [0.15, 0.2) is 12.3 Å². The fourth-order valence-electron chi connectivity index (χ4n) is 1.30. The van der Waals surface area contributed by atoms with E-state index in [0.29, 0.717) is 18.1 Å². The number of nitrogens with zero attached hydrogens (tertiary/aromatic N) is 1. The Morgan fingerprint density at radius 2 is 2.20 bits per heavy atom. The summed E-state index contributed by atoms with van der Waals surface area (Å²) in [6, 6.07) is 1.45. The molecular formula is C10H16N2O3. The van der Waals surface area contributed by atoms with Crippen LogP contribution in [0.25, 0.3) is 0 Å². The molecule has 0 aliphatic rings. The van der Waals surface area contributed by atoms with Crippen molar-refractivity contribution in [1.82, 2.24) is 4.98 Å². The van der Waals surface area contributed by atoms with Crippen LogP contribution < -0.4 is 15.2 Å². The maximum absolute atomic E-state index is 8.82. The number of ether oxygens (including phenoxy) is 2. The third kappa shape index (κ3) is 2.81. The van der Waals surface area contributed by atoms with E-state index in [2.05, 4.69) is 4.98 Å². The van der Waals surface area contributed by atoms with Gasteiger partial charge < -0.3 is 20.3 Å². The van der Waals surface area contributed by atoms with Crippen LogP contribution in [-0.4, -0.2) is 30.9 Å². The van der Waals surface area contributed by atoms with Crippen molar-refractivity contribution < 1.29 is 14.6 Å². The SMILES string of the molecule is COc1cc(C(N)CCO)c(OC)cn1. The molecular weight excluding hydrogens is 196 g/mol. The highest BCUT2D eigenvalue weighted by Gasteiger charge is 2.13. The largest absolute Gasteiger partial charge is 0.495 e. The van der Waals surface area contributed by atoms with Gasteiger partial charge in [0.25, 0.3) is 0 Å². The Morgan fingerprint density at radius 1 is 1.47 bits per heavy atom. The van der Waals surface area contributed by atoms with Crippen LogP contribution in [0.5, 0.6) is 11.6 Å². The molecule has 1 unspecified atom stereocenters. The number of nitrogens with two attached hydrogens (primary N) is 1. The summed E-state index contributed by atoms with van der Waals surface area (Å²) in [6.07, 6.45) is 2.04. The minimum Gasteiger partial charge on any atom is -0.495 e. The van der Waals surface area contributed by atoms with Crippen molar-refractivity contribution in [2.24, 2.45) is 5.73 Å². The summed E-state index contributed by atoms with van der Waals surface area (Å²) >= 11 is 0. The van der Waals surface area contributed by atoms with E-state index < -0.39 is 0 Å². The Morgan fingerprint density at radius 3 is 2.73 bits per heavy atom. The Labute approximate surface area is 88.8 Å². The van der Waals surface area contributed by atoms with Crippen molar-refractivity contribution in [3.63, 3.8) is 0 Å². The number of aromatic nitrogens is 1. The quantitative estimate of drug-likeness (QED) is 0.742. The van der Waals surface area contributed by atoms with E-state index >= 15 is 0 Å². The van der Waals surface area contributed by atoms with Gasteiger partial charge in [0, 0.05) is 24.3 Å². The Hall–Kier alpha value is -1.33. The number of aliphatic hydroxyl groups is 1. The second-order valence-corrected chi connectivity index (χ2v) is 3.09. The van der Waals surface area contributed by atoms with E-state index in [1.54, 1.807) is 19.4 Å². The topological polar surface area (TPSA) is 77.6 Å². The lowest BCUT2D eigenvalue weighted by Crippen LogP contribution is -2.13. The van der Waals surface area contributed by atoms with Crippen LogP contribution in [0.4, 0.5) is 0 Å². The number of hydrogen-bond acceptors (Lipinski definition) is 5. The zero-order chi connectivity index (χ0) is 11.3. The molecule has 1 aromatic heterocycles. The summed E-state index contributed by atoms with van der Waals surface area (Å²) in [5.74, 6) is 1.09. The Kier molecular flexibility index (Phi) is 4.33. The minimum atomic E-state index is -0.276. The zero-order valence-electron chi connectivity index (χ0n) is 8.93. The number of hydrogen-bond donors (Lipinski definition) is 2. The molecule has 0 bridgehead atoms. The first-order chi connectivity index (χ1) is 7.22. The molecule has 0 aliphatic carbocycles. The van der Waals surface area contributed by atoms with E-state index in [1.807, 2.05) is 0 Å². The van der Waals surface area contributed by atoms with Gasteiger partial charge in [-0.1, -0.05) is 0 Å². The smallest absolute Gasteiger partial charge is 0.213 e. The number of methoxy groups -OCH3 is 2. The van der Waals surface area contributed by atoms with Crippen molar-refractivity contribution in [2.45, 2.75) is 12.5 Å². The fraction of sp³-hybridized carbons (Fsp3) is 0.500. The maximum atomic E-state index is 8.82. The molecule has 1 aromatic rings. The predicted octanol–water partition coefficient (Wildman–Crippen LogP) is 0.481. The Balaban J connectivity index is 3.00. The number of rotatable bonds is 5. The average Bonchev–Trinajstić information content (AvgIpc) is 2.28. The third-order valence-corrected chi connectivity index (χ3v) is 2.14. The van der Waals surface area contributed by atoms with Crippen LogP contribution in [0.2, 0.25) is 0 Å². The first kappa shape index (κ1) is 11.7. The molecule has 0 amide bonds. The van der Waals surface area contributed by atoms with E-state index in [-0.39, 0.29) is 12.6 Å². The van der Waals surface area contributed by atoms with E-state index in [4.69, 9.17) is 20.3 Å². The van der Waals surface area contributed by atoms with Gasteiger partial charge >= 0.3 is 0 Å². The predicted molar refractivity (Wildman–Crippen MR) is 56.0 cm³/mol. The minimum absolute atomic E-state index is 0.0367. The molecule has 84 valence electrons. The van der Waals surface area contributed by atoms with Gasteiger partial charge in [-0.25, -0.2) is 4.98 Å². The second-order valence-electron chi connectivity index (χ2n) is 3.09. The number of aliphatic hydroxyl groups excluding tert-OH is 1. The molecule has 0 radical (unpaired) electrons. The lowest BCUT2D eigenvalue weighted by atomic mass is 10.1. The van der Waals surface area contributed by atoms with Crippen LogP contribution in [0.3, 0.4) is 0 Å². The van der Waals surface area contributed by atoms with Crippen LogP contribution in [0.1, 0.15) is 18.0 Å². The molecule has 0 aliphatic heterocycles. The van der Waals surface area contributed by atoms with Gasteiger partial charge in [0.15, 0.2) is 0 Å². The lowest BCUT2D eigenvalue weighted by Gasteiger charge is -2.14. The summed E-state index contributed by atoms with van der Waals surface area (Å²) in [5.41, 5.74) is 6.67. The van der Waals surface area contributed by atoms with Gasteiger partial charge in [0.05, 0.1) is 20.4 Å². The van der Waals surface area contributed by atoms with Gasteiger partial charge in [-0.3, -0.25) is 0 Å². The summed E-state index contributed by atoms with van der Waals surface area (Å²) < 4.78 is 10.1. The molecule has 0 fully saturated rings. The average molecular weight is 212 g/mol. The zero-order valence-corrected chi connectivity index (χ0v) is 8.93. The third-order valence-electron chi connectivity index (χ3n) is 2.14. The van der Waals surface area contributed by atoms with E-state index in [9.17, 15) is 0 Å². The molecule has 1 atom stereocenters. The summed E-state index contributed by atoms with van der Waals surface area (Å²) in [6.45, 7) is 0.0367. The van der Waals surface area contributed by atoms with Gasteiger partial charge in [0.1, 0.15) is 5.75 Å². The van der Waals surface area contributed by atoms with Crippen LogP contribution in [-0.2, 0) is 0 Å². The van der Waals surface area contributed by atoms with Crippen molar-refractivity contribution >= 4 is 0 Å². The van der Waals surface area contributed by atoms with Crippen molar-refractivity contribution in [3.8, 4) is 11.6 Å². The molecule has 3 N–H and O–H groups in total. The van der Waals surface area contributed by atoms with Gasteiger partial charge in [-0.15, -0.1) is 0 Å². The van der Waals surface area contributed by atoms with Crippen molar-refractivity contribution in [3.05, 3.63) is 17.8 Å². The fourth-order valence-corrected chi connectivity index (χ4v) is 1.30. The van der Waals surface area contributed by atoms with Crippen molar-refractivity contribution in [2.75, 3.05) is 20.8 Å². The normalized spacial score (nSPS) is 12.3. The molecule has 0 aromatic carbocycles. The van der Waals surface area contributed by atoms with E-state index in [1.165, 1.54) is 7.11 Å². The van der Waals surface area contributed by atoms with Gasteiger partial charge in [0.2, 0.25) is 5.88 Å². The first-order valence-corrected chi connectivity index (χ1v) is 4.67. The van der Waals surface area contributed by atoms with Crippen molar-refractivity contribution in [1.29, 1.82) is 0 Å². The highest BCUT2D eigenvalue weighted by molar-refractivity contribution is 5.37. The monoisotopic (exact) mass is 212 g/mol. The molecule has 1 rings (SSSR count). The summed E-state index contributed by atoms with van der Waals surface area (Å²) in [7, 11) is 3.09. The van der Waals surface area contributed by atoms with Crippen LogP contribution in [0, 0.1) is 0 Å². The first-order valence-electron chi connectivity index (χ1n) is 4.67. The number of pyridine rings is 1. The summed E-state index contributed by atoms with van der Waals surface area (Å²) in [5, 5.41) is 8.82. The second kappa shape index (κ2) is 5.53. The molecule has 5 heteroatoms. The molecule has 0 saturated heterocycles. The molecule has 0 spiro atoms. The van der Waals surface area contributed by atoms with Gasteiger partial charge in [-0.05, 0) is 6.42 Å². The molecule has 5 nitrogen and oxygen atoms in total. The highest BCUT2D eigenvalue weighted by atomic mass is 16.5. The highest BCUT2D eigenvalue weighted by Crippen LogP contribution is 2.27. The lowest BCUT2D eigenvalue weighted by molar-refractivity contribution is 0.274. The van der Waals surface area contributed by atoms with Crippen LogP contribution >= 0.6 is 0 Å².